The molecule has 0 spiro atoms. The molecule has 1 aromatic rings. The number of hydrogen-bond acceptors (Lipinski definition) is 4. The van der Waals surface area contributed by atoms with Crippen LogP contribution in [0.25, 0.3) is 0 Å². The third kappa shape index (κ3) is 3.58. The molecular formula is C7H5NaO4S. The molecular weight excluding hydrogens is 203 g/mol. The van der Waals surface area contributed by atoms with Crippen molar-refractivity contribution in [2.75, 3.05) is 0 Å². The van der Waals surface area contributed by atoms with Gasteiger partial charge in [0.25, 0.3) is 5.12 Å². The fourth-order valence-corrected chi connectivity index (χ4v) is 1.14. The molecule has 0 atom stereocenters. The zero-order valence-corrected chi connectivity index (χ0v) is 9.74. The Balaban J connectivity index is 0.00000144. The van der Waals surface area contributed by atoms with E-state index in [0.717, 1.165) is 0 Å². The van der Waals surface area contributed by atoms with Crippen LogP contribution in [0.2, 0.25) is 0 Å². The Morgan fingerprint density at radius 3 is 2.00 bits per heavy atom. The van der Waals surface area contributed by atoms with Crippen molar-refractivity contribution in [2.45, 2.75) is 0 Å². The maximum atomic E-state index is 10.8. The van der Waals surface area contributed by atoms with Crippen LogP contribution in [-0.4, -0.2) is 18.1 Å². The molecule has 0 aliphatic heterocycles. The predicted molar refractivity (Wildman–Crippen MR) is 40.5 cm³/mol. The van der Waals surface area contributed by atoms with Crippen molar-refractivity contribution in [1.82, 2.24) is 0 Å². The van der Waals surface area contributed by atoms with E-state index in [1.807, 2.05) is 0 Å². The van der Waals surface area contributed by atoms with Crippen LogP contribution in [0.1, 0.15) is 10.4 Å². The molecule has 6 heteroatoms. The zero-order valence-electron chi connectivity index (χ0n) is 6.93. The van der Waals surface area contributed by atoms with Gasteiger partial charge in [0.2, 0.25) is 0 Å². The van der Waals surface area contributed by atoms with Gasteiger partial charge in [0.1, 0.15) is 0 Å². The average Bonchev–Trinajstić information content (AvgIpc) is 2.03. The molecule has 0 bridgehead atoms. The summed E-state index contributed by atoms with van der Waals surface area (Å²) in [4.78, 5) is 10.8. The van der Waals surface area contributed by atoms with E-state index in [1.165, 1.54) is 24.3 Å². The topological polar surface area (TPSA) is 74.3 Å². The maximum Gasteiger partial charge on any atom is 1.00 e. The summed E-state index contributed by atoms with van der Waals surface area (Å²) in [7, 11) is -4.84. The summed E-state index contributed by atoms with van der Waals surface area (Å²) in [6.07, 6.45) is 0. The van der Waals surface area contributed by atoms with Gasteiger partial charge in [-0.2, -0.15) is 0 Å². The van der Waals surface area contributed by atoms with Crippen molar-refractivity contribution in [2.24, 2.45) is 0 Å². The van der Waals surface area contributed by atoms with Crippen molar-refractivity contribution in [3.8, 4) is 0 Å². The molecule has 0 aliphatic rings. The number of hydrogen-bond donors (Lipinski definition) is 0. The Morgan fingerprint density at radius 2 is 1.62 bits per heavy atom. The van der Waals surface area contributed by atoms with E-state index < -0.39 is 15.2 Å². The fourth-order valence-electron chi connectivity index (χ4n) is 0.719. The molecule has 0 heterocycles. The van der Waals surface area contributed by atoms with Crippen LogP contribution in [0, 0.1) is 0 Å². The summed E-state index contributed by atoms with van der Waals surface area (Å²) in [6.45, 7) is 0. The van der Waals surface area contributed by atoms with Crippen LogP contribution in [0.5, 0.6) is 0 Å². The second kappa shape index (κ2) is 4.88. The van der Waals surface area contributed by atoms with Gasteiger partial charge in [-0.3, -0.25) is 4.79 Å². The van der Waals surface area contributed by atoms with E-state index >= 15 is 0 Å². The quantitative estimate of drug-likeness (QED) is 0.374. The minimum atomic E-state index is -4.84. The minimum Gasteiger partial charge on any atom is -0.742 e. The number of carbonyl (C=O) groups is 1. The second-order valence-corrected chi connectivity index (χ2v) is 3.39. The molecule has 0 radical (unpaired) electrons. The molecule has 1 rings (SSSR count). The number of rotatable bonds is 1. The number of benzene rings is 1. The first-order valence-electron chi connectivity index (χ1n) is 3.07. The van der Waals surface area contributed by atoms with Crippen molar-refractivity contribution >= 4 is 15.2 Å². The third-order valence-electron chi connectivity index (χ3n) is 1.24. The second-order valence-electron chi connectivity index (χ2n) is 2.11. The van der Waals surface area contributed by atoms with Gasteiger partial charge in [0.15, 0.2) is 10.1 Å². The molecule has 0 aromatic heterocycles. The molecule has 0 saturated carbocycles. The van der Waals surface area contributed by atoms with E-state index in [1.54, 1.807) is 6.07 Å². The van der Waals surface area contributed by atoms with Crippen LogP contribution in [-0.2, 0) is 10.1 Å². The molecule has 0 N–H and O–H groups in total. The smallest absolute Gasteiger partial charge is 0.742 e. The van der Waals surface area contributed by atoms with Crippen LogP contribution in [0.15, 0.2) is 30.3 Å². The zero-order chi connectivity index (χ0) is 9.19. The molecule has 0 aliphatic carbocycles. The molecule has 0 amide bonds. The molecule has 1 aromatic carbocycles. The van der Waals surface area contributed by atoms with Gasteiger partial charge in [0.05, 0.1) is 0 Å². The SMILES string of the molecule is O=C(c1ccccc1)S(=O)(=O)[O-].[Na+]. The summed E-state index contributed by atoms with van der Waals surface area (Å²) in [5.41, 5.74) is -0.104. The van der Waals surface area contributed by atoms with Gasteiger partial charge in [-0.15, -0.1) is 0 Å². The van der Waals surface area contributed by atoms with Gasteiger partial charge in [-0.25, -0.2) is 8.42 Å². The fraction of sp³-hybridized carbons (Fsp3) is 0. The van der Waals surface area contributed by atoms with Crippen LogP contribution in [0.3, 0.4) is 0 Å². The predicted octanol–water partition coefficient (Wildman–Crippen LogP) is -2.62. The Bertz CT molecular complexity index is 384. The Hall–Kier alpha value is -0.200. The van der Waals surface area contributed by atoms with Crippen LogP contribution in [0.4, 0.5) is 0 Å². The molecule has 0 saturated heterocycles. The Kier molecular flexibility index (Phi) is 4.80. The van der Waals surface area contributed by atoms with Gasteiger partial charge >= 0.3 is 29.6 Å². The monoisotopic (exact) mass is 208 g/mol. The molecule has 4 nitrogen and oxygen atoms in total. The van der Waals surface area contributed by atoms with Crippen molar-refractivity contribution < 1.29 is 47.3 Å². The summed E-state index contributed by atoms with van der Waals surface area (Å²) in [5.74, 6) is 0. The first-order valence-corrected chi connectivity index (χ1v) is 4.48. The molecule has 0 unspecified atom stereocenters. The van der Waals surface area contributed by atoms with E-state index in [4.69, 9.17) is 0 Å². The Labute approximate surface area is 98.0 Å². The molecule has 0 fully saturated rings. The van der Waals surface area contributed by atoms with E-state index in [0.29, 0.717) is 0 Å². The maximum absolute atomic E-state index is 10.8. The first-order chi connectivity index (χ1) is 5.52. The van der Waals surface area contributed by atoms with Gasteiger partial charge in [0, 0.05) is 5.56 Å². The van der Waals surface area contributed by atoms with E-state index in [9.17, 15) is 17.8 Å². The van der Waals surface area contributed by atoms with E-state index in [2.05, 4.69) is 0 Å². The van der Waals surface area contributed by atoms with E-state index in [-0.39, 0.29) is 35.1 Å². The summed E-state index contributed by atoms with van der Waals surface area (Å²) in [5, 5.41) is -1.39. The number of carbonyl (C=O) groups excluding carboxylic acids is 1. The third-order valence-corrected chi connectivity index (χ3v) is 1.93. The normalized spacial score (nSPS) is 10.2. The van der Waals surface area contributed by atoms with Crippen LogP contribution >= 0.6 is 0 Å². The summed E-state index contributed by atoms with van der Waals surface area (Å²) < 4.78 is 30.7. The van der Waals surface area contributed by atoms with Crippen molar-refractivity contribution in [3.63, 3.8) is 0 Å². The van der Waals surface area contributed by atoms with Gasteiger partial charge in [-0.1, -0.05) is 30.3 Å². The molecule has 13 heavy (non-hydrogen) atoms. The summed E-state index contributed by atoms with van der Waals surface area (Å²) >= 11 is 0. The summed E-state index contributed by atoms with van der Waals surface area (Å²) in [6, 6.07) is 7.14. The van der Waals surface area contributed by atoms with Crippen LogP contribution < -0.4 is 29.6 Å². The molecule has 64 valence electrons. The minimum absolute atomic E-state index is 0. The van der Waals surface area contributed by atoms with Gasteiger partial charge < -0.3 is 4.55 Å². The first kappa shape index (κ1) is 12.8. The van der Waals surface area contributed by atoms with Gasteiger partial charge in [-0.05, 0) is 0 Å². The standard InChI is InChI=1S/C7H6O4S.Na/c8-7(12(9,10)11)6-4-2-1-3-5-6;/h1-5H,(H,9,10,11);/q;+1/p-1. The van der Waals surface area contributed by atoms with Crippen molar-refractivity contribution in [1.29, 1.82) is 0 Å². The van der Waals surface area contributed by atoms with Crippen molar-refractivity contribution in [3.05, 3.63) is 35.9 Å². The average molecular weight is 208 g/mol. The Morgan fingerprint density at radius 1 is 1.15 bits per heavy atom. The largest absolute Gasteiger partial charge is 1.00 e.